The Morgan fingerprint density at radius 2 is 1.72 bits per heavy atom. The number of carbonyl (C=O) groups is 1. The van der Waals surface area contributed by atoms with Crippen molar-refractivity contribution >= 4 is 23.1 Å². The monoisotopic (exact) mass is 399 g/mol. The van der Waals surface area contributed by atoms with Crippen molar-refractivity contribution in [1.29, 1.82) is 0 Å². The minimum atomic E-state index is -4.71. The summed E-state index contributed by atoms with van der Waals surface area (Å²) in [4.78, 5) is 22.4. The van der Waals surface area contributed by atoms with E-state index < -0.39 is 11.7 Å². The second-order valence-corrected chi connectivity index (χ2v) is 6.34. The average Bonchev–Trinajstić information content (AvgIpc) is 2.65. The third-order valence-corrected chi connectivity index (χ3v) is 4.50. The molecule has 0 fully saturated rings. The van der Waals surface area contributed by atoms with E-state index in [1.807, 2.05) is 0 Å². The number of hydrogen-bond acceptors (Lipinski definition) is 4. The summed E-state index contributed by atoms with van der Waals surface area (Å²) in [5, 5.41) is 12.3. The van der Waals surface area contributed by atoms with Gasteiger partial charge in [-0.3, -0.25) is 9.59 Å². The largest absolute Gasteiger partial charge is 0.508 e. The molecule has 0 saturated carbocycles. The fourth-order valence-electron chi connectivity index (χ4n) is 3.30. The Hall–Kier alpha value is -3.81. The minimum Gasteiger partial charge on any atom is -0.508 e. The fourth-order valence-corrected chi connectivity index (χ4v) is 3.30. The second-order valence-electron chi connectivity index (χ2n) is 6.34. The summed E-state index contributed by atoms with van der Waals surface area (Å²) in [6.45, 7) is 0. The zero-order valence-corrected chi connectivity index (χ0v) is 14.6. The molecule has 0 spiro atoms. The van der Waals surface area contributed by atoms with Crippen LogP contribution in [-0.4, -0.2) is 11.5 Å². The molecule has 0 bridgehead atoms. The predicted octanol–water partition coefficient (Wildman–Crippen LogP) is 4.86. The van der Waals surface area contributed by atoms with Crippen molar-refractivity contribution < 1.29 is 27.5 Å². The first-order valence-corrected chi connectivity index (χ1v) is 8.39. The van der Waals surface area contributed by atoms with Crippen LogP contribution in [0.25, 0.3) is 33.4 Å². The molecule has 1 amide bonds. The highest BCUT2D eigenvalue weighted by Gasteiger charge is 2.35. The van der Waals surface area contributed by atoms with Gasteiger partial charge in [0, 0.05) is 34.3 Å². The zero-order valence-electron chi connectivity index (χ0n) is 14.6. The first-order valence-electron chi connectivity index (χ1n) is 8.39. The molecule has 0 radical (unpaired) electrons. The maximum Gasteiger partial charge on any atom is 0.417 e. The number of hydrogen-bond donors (Lipinski definition) is 2. The van der Waals surface area contributed by atoms with Crippen LogP contribution in [0.3, 0.4) is 0 Å². The van der Waals surface area contributed by atoms with Gasteiger partial charge in [-0.05, 0) is 42.0 Å². The summed E-state index contributed by atoms with van der Waals surface area (Å²) in [6.07, 6.45) is -4.42. The number of benzene rings is 3. The number of fused-ring (bicyclic) bond motifs is 2. The Morgan fingerprint density at radius 1 is 0.966 bits per heavy atom. The van der Waals surface area contributed by atoms with Gasteiger partial charge in [0.1, 0.15) is 17.1 Å². The van der Waals surface area contributed by atoms with Crippen LogP contribution in [0.1, 0.15) is 5.56 Å². The number of anilines is 1. The number of carbonyl (C=O) groups excluding carboxylic acids is 1. The maximum atomic E-state index is 13.9. The van der Waals surface area contributed by atoms with Crippen LogP contribution in [-0.2, 0) is 11.0 Å². The lowest BCUT2D eigenvalue weighted by Crippen LogP contribution is -2.09. The minimum absolute atomic E-state index is 0.00945. The molecule has 29 heavy (non-hydrogen) atoms. The Bertz CT molecular complexity index is 1280. The molecule has 0 atom stereocenters. The number of alkyl halides is 3. The molecule has 0 unspecified atom stereocenters. The predicted molar refractivity (Wildman–Crippen MR) is 101 cm³/mol. The summed E-state index contributed by atoms with van der Waals surface area (Å²) in [6, 6.07) is 11.3. The lowest BCUT2D eigenvalue weighted by atomic mass is 9.90. The second kappa shape index (κ2) is 6.66. The molecule has 2 aromatic carbocycles. The van der Waals surface area contributed by atoms with E-state index >= 15 is 0 Å². The van der Waals surface area contributed by atoms with E-state index in [0.29, 0.717) is 17.4 Å². The van der Waals surface area contributed by atoms with Crippen LogP contribution in [0.15, 0.2) is 63.8 Å². The van der Waals surface area contributed by atoms with Gasteiger partial charge in [0.2, 0.25) is 6.41 Å². The number of nitrogens with one attached hydrogen (secondary N) is 1. The molecule has 5 nitrogen and oxygen atoms in total. The number of halogens is 3. The lowest BCUT2D eigenvalue weighted by Gasteiger charge is -2.19. The van der Waals surface area contributed by atoms with Gasteiger partial charge in [0.15, 0.2) is 5.43 Å². The van der Waals surface area contributed by atoms with Crippen LogP contribution in [0.2, 0.25) is 0 Å². The van der Waals surface area contributed by atoms with E-state index in [-0.39, 0.29) is 39.3 Å². The van der Waals surface area contributed by atoms with Gasteiger partial charge in [0.25, 0.3) is 0 Å². The topological polar surface area (TPSA) is 79.5 Å². The molecule has 8 heteroatoms. The highest BCUT2D eigenvalue weighted by atomic mass is 19.4. The molecule has 1 aliphatic heterocycles. The normalized spacial score (nSPS) is 11.7. The van der Waals surface area contributed by atoms with E-state index in [2.05, 4.69) is 5.32 Å². The first kappa shape index (κ1) is 18.5. The van der Waals surface area contributed by atoms with Crippen molar-refractivity contribution in [2.45, 2.75) is 6.18 Å². The average molecular weight is 399 g/mol. The van der Waals surface area contributed by atoms with Gasteiger partial charge >= 0.3 is 6.18 Å². The molecule has 0 saturated heterocycles. The number of aromatic hydroxyl groups is 1. The Morgan fingerprint density at radius 3 is 2.45 bits per heavy atom. The highest BCUT2D eigenvalue weighted by molar-refractivity contribution is 6.03. The maximum absolute atomic E-state index is 13.9. The van der Waals surface area contributed by atoms with Crippen LogP contribution in [0.4, 0.5) is 18.9 Å². The van der Waals surface area contributed by atoms with Crippen molar-refractivity contribution in [2.75, 3.05) is 5.32 Å². The third kappa shape index (κ3) is 3.29. The molecule has 1 heterocycles. The van der Waals surface area contributed by atoms with E-state index in [0.717, 1.165) is 6.07 Å². The molecule has 2 N–H and O–H groups in total. The Labute approximate surface area is 161 Å². The van der Waals surface area contributed by atoms with Crippen molar-refractivity contribution in [1.82, 2.24) is 0 Å². The van der Waals surface area contributed by atoms with Crippen LogP contribution in [0.5, 0.6) is 5.75 Å². The van der Waals surface area contributed by atoms with E-state index in [9.17, 15) is 27.9 Å². The van der Waals surface area contributed by atoms with Crippen molar-refractivity contribution in [3.05, 3.63) is 70.4 Å². The number of rotatable bonds is 3. The standard InChI is InChI=1S/C21H12F3NO4/c22-21(23,24)17-7-11(25-10-26)1-4-14(17)20-15-5-2-12(27)8-18(15)29-19-9-13(28)3-6-16(19)20/h1-10,27H,(H,25,26). The van der Waals surface area contributed by atoms with E-state index in [4.69, 9.17) is 4.42 Å². The summed E-state index contributed by atoms with van der Waals surface area (Å²) in [7, 11) is 0. The number of amides is 1. The van der Waals surface area contributed by atoms with Gasteiger partial charge in [-0.15, -0.1) is 0 Å². The smallest absolute Gasteiger partial charge is 0.417 e. The Kier molecular flexibility index (Phi) is 4.26. The summed E-state index contributed by atoms with van der Waals surface area (Å²) in [5.74, 6) is -0.0415. The number of phenolic OH excluding ortho intramolecular Hbond substituents is 1. The first-order chi connectivity index (χ1) is 13.8. The van der Waals surface area contributed by atoms with Crippen LogP contribution >= 0.6 is 0 Å². The van der Waals surface area contributed by atoms with Crippen molar-refractivity contribution in [3.63, 3.8) is 0 Å². The molecule has 146 valence electrons. The highest BCUT2D eigenvalue weighted by Crippen LogP contribution is 2.46. The summed E-state index contributed by atoms with van der Waals surface area (Å²) >= 11 is 0. The van der Waals surface area contributed by atoms with Crippen molar-refractivity contribution in [2.24, 2.45) is 0 Å². The molecular formula is C21H12F3NO4. The van der Waals surface area contributed by atoms with E-state index in [1.54, 1.807) is 0 Å². The van der Waals surface area contributed by atoms with Gasteiger partial charge in [-0.1, -0.05) is 6.07 Å². The molecular weight excluding hydrogens is 387 g/mol. The Balaban J connectivity index is 2.15. The molecule has 1 aliphatic carbocycles. The van der Waals surface area contributed by atoms with E-state index in [1.165, 1.54) is 48.5 Å². The van der Waals surface area contributed by atoms with Gasteiger partial charge in [0.05, 0.1) is 5.56 Å². The molecule has 2 aromatic rings. The van der Waals surface area contributed by atoms with Crippen LogP contribution in [0, 0.1) is 0 Å². The molecule has 4 rings (SSSR count). The number of phenols is 1. The summed E-state index contributed by atoms with van der Waals surface area (Å²) in [5.41, 5.74) is -0.850. The van der Waals surface area contributed by atoms with Gasteiger partial charge in [-0.25, -0.2) is 0 Å². The van der Waals surface area contributed by atoms with Gasteiger partial charge < -0.3 is 14.8 Å². The SMILES string of the molecule is O=CNc1ccc(-c2c3ccc(=O)cc-3oc3cc(O)ccc23)c(C(F)(F)F)c1. The third-order valence-electron chi connectivity index (χ3n) is 4.50. The molecule has 2 aliphatic rings. The fraction of sp³-hybridized carbons (Fsp3) is 0.0476. The summed E-state index contributed by atoms with van der Waals surface area (Å²) < 4.78 is 47.2. The molecule has 0 aromatic heterocycles. The lowest BCUT2D eigenvalue weighted by molar-refractivity contribution is -0.137. The van der Waals surface area contributed by atoms with Gasteiger partial charge in [-0.2, -0.15) is 13.2 Å². The van der Waals surface area contributed by atoms with Crippen LogP contribution < -0.4 is 10.7 Å². The van der Waals surface area contributed by atoms with Crippen molar-refractivity contribution in [3.8, 4) is 28.2 Å². The zero-order chi connectivity index (χ0) is 20.8. The quantitative estimate of drug-likeness (QED) is 0.381.